The summed E-state index contributed by atoms with van der Waals surface area (Å²) in [7, 11) is 0. The minimum atomic E-state index is 0.485. The van der Waals surface area contributed by atoms with Gasteiger partial charge in [0, 0.05) is 11.3 Å². The van der Waals surface area contributed by atoms with Crippen molar-refractivity contribution in [2.75, 3.05) is 0 Å². The van der Waals surface area contributed by atoms with Gasteiger partial charge in [-0.25, -0.2) is 9.97 Å². The quantitative estimate of drug-likeness (QED) is 0.714. The van der Waals surface area contributed by atoms with Gasteiger partial charge >= 0.3 is 0 Å². The molecule has 1 heterocycles. The zero-order valence-electron chi connectivity index (χ0n) is 8.80. The van der Waals surface area contributed by atoms with Gasteiger partial charge in [-0.05, 0) is 31.4 Å². The Labute approximate surface area is 104 Å². The van der Waals surface area contributed by atoms with Crippen molar-refractivity contribution in [3.05, 3.63) is 33.7 Å². The molecule has 0 spiro atoms. The van der Waals surface area contributed by atoms with E-state index >= 15 is 0 Å². The molecule has 1 aliphatic carbocycles. The summed E-state index contributed by atoms with van der Waals surface area (Å²) in [5, 5.41) is 2.04. The Morgan fingerprint density at radius 3 is 2.62 bits per heavy atom. The lowest BCUT2D eigenvalue weighted by Crippen LogP contribution is -1.96. The lowest BCUT2D eigenvalue weighted by Gasteiger charge is -2.07. The van der Waals surface area contributed by atoms with Crippen molar-refractivity contribution in [3.63, 3.8) is 0 Å². The predicted octanol–water partition coefficient (Wildman–Crippen LogP) is 4.12. The van der Waals surface area contributed by atoms with E-state index in [-0.39, 0.29) is 0 Å². The normalized spacial score (nSPS) is 15.7. The first-order chi connectivity index (χ1) is 7.66. The number of hydrogen-bond donors (Lipinski definition) is 0. The Bertz CT molecular complexity index is 577. The van der Waals surface area contributed by atoms with Crippen LogP contribution in [0.5, 0.6) is 0 Å². The number of aromatic nitrogens is 2. The fourth-order valence-electron chi connectivity index (χ4n) is 1.86. The van der Waals surface area contributed by atoms with Crippen molar-refractivity contribution >= 4 is 34.1 Å². The molecular weight excluding hydrogens is 243 g/mol. The Morgan fingerprint density at radius 1 is 1.19 bits per heavy atom. The van der Waals surface area contributed by atoms with Gasteiger partial charge in [0.1, 0.15) is 11.0 Å². The van der Waals surface area contributed by atoms with Gasteiger partial charge in [-0.15, -0.1) is 0 Å². The van der Waals surface area contributed by atoms with Crippen LogP contribution in [0.3, 0.4) is 0 Å². The highest BCUT2D eigenvalue weighted by Gasteiger charge is 2.27. The Kier molecular flexibility index (Phi) is 2.30. The number of benzene rings is 1. The SMILES string of the molecule is Cc1ccc(Cl)c2nc(C3CC3)nc(Cl)c12. The predicted molar refractivity (Wildman–Crippen MR) is 66.3 cm³/mol. The van der Waals surface area contributed by atoms with Crippen molar-refractivity contribution in [2.45, 2.75) is 25.7 Å². The lowest BCUT2D eigenvalue weighted by atomic mass is 10.1. The molecule has 1 fully saturated rings. The number of aryl methyl sites for hydroxylation is 1. The zero-order chi connectivity index (χ0) is 11.3. The highest BCUT2D eigenvalue weighted by atomic mass is 35.5. The molecule has 2 aromatic rings. The molecule has 0 radical (unpaired) electrons. The molecule has 0 aliphatic heterocycles. The van der Waals surface area contributed by atoms with E-state index in [1.54, 1.807) is 0 Å². The summed E-state index contributed by atoms with van der Waals surface area (Å²) in [4.78, 5) is 8.89. The van der Waals surface area contributed by atoms with Gasteiger partial charge in [-0.1, -0.05) is 29.3 Å². The van der Waals surface area contributed by atoms with Gasteiger partial charge in [0.2, 0.25) is 0 Å². The smallest absolute Gasteiger partial charge is 0.140 e. The van der Waals surface area contributed by atoms with Gasteiger partial charge in [0.05, 0.1) is 10.5 Å². The van der Waals surface area contributed by atoms with Crippen molar-refractivity contribution in [3.8, 4) is 0 Å². The lowest BCUT2D eigenvalue weighted by molar-refractivity contribution is 0.947. The fraction of sp³-hybridized carbons (Fsp3) is 0.333. The third-order valence-corrected chi connectivity index (χ3v) is 3.50. The zero-order valence-corrected chi connectivity index (χ0v) is 10.3. The van der Waals surface area contributed by atoms with Gasteiger partial charge in [0.15, 0.2) is 0 Å². The first-order valence-electron chi connectivity index (χ1n) is 5.29. The van der Waals surface area contributed by atoms with Crippen LogP contribution in [-0.4, -0.2) is 9.97 Å². The Morgan fingerprint density at radius 2 is 1.94 bits per heavy atom. The van der Waals surface area contributed by atoms with Crippen molar-refractivity contribution in [1.29, 1.82) is 0 Å². The van der Waals surface area contributed by atoms with Crippen molar-refractivity contribution < 1.29 is 0 Å². The van der Waals surface area contributed by atoms with Crippen LogP contribution in [0.1, 0.15) is 30.1 Å². The van der Waals surface area contributed by atoms with Crippen LogP contribution in [0.15, 0.2) is 12.1 Å². The van der Waals surface area contributed by atoms with Crippen LogP contribution in [0, 0.1) is 6.92 Å². The second-order valence-corrected chi connectivity index (χ2v) is 5.00. The largest absolute Gasteiger partial charge is 0.231 e. The monoisotopic (exact) mass is 252 g/mol. The topological polar surface area (TPSA) is 25.8 Å². The van der Waals surface area contributed by atoms with Crippen LogP contribution < -0.4 is 0 Å². The fourth-order valence-corrected chi connectivity index (χ4v) is 2.38. The Hall–Kier alpha value is -0.860. The van der Waals surface area contributed by atoms with Gasteiger partial charge in [-0.3, -0.25) is 0 Å². The summed E-state index contributed by atoms with van der Waals surface area (Å²) in [6.45, 7) is 1.99. The second-order valence-electron chi connectivity index (χ2n) is 4.23. The molecular formula is C12H10Cl2N2. The molecule has 0 amide bonds. The molecule has 0 bridgehead atoms. The van der Waals surface area contributed by atoms with Gasteiger partial charge < -0.3 is 0 Å². The first-order valence-corrected chi connectivity index (χ1v) is 6.04. The second kappa shape index (κ2) is 3.57. The number of rotatable bonds is 1. The number of nitrogens with zero attached hydrogens (tertiary/aromatic N) is 2. The minimum absolute atomic E-state index is 0.485. The van der Waals surface area contributed by atoms with E-state index in [0.717, 1.165) is 35.1 Å². The van der Waals surface area contributed by atoms with Crippen LogP contribution >= 0.6 is 23.2 Å². The molecule has 3 rings (SSSR count). The van der Waals surface area contributed by atoms with Crippen LogP contribution in [0.2, 0.25) is 10.2 Å². The van der Waals surface area contributed by atoms with Crippen molar-refractivity contribution in [1.82, 2.24) is 9.97 Å². The molecule has 0 N–H and O–H groups in total. The van der Waals surface area contributed by atoms with E-state index in [2.05, 4.69) is 9.97 Å². The molecule has 1 saturated carbocycles. The molecule has 1 aromatic heterocycles. The summed E-state index contributed by atoms with van der Waals surface area (Å²) in [5.41, 5.74) is 1.84. The van der Waals surface area contributed by atoms with Gasteiger partial charge in [-0.2, -0.15) is 0 Å². The third kappa shape index (κ3) is 1.57. The number of hydrogen-bond acceptors (Lipinski definition) is 2. The molecule has 82 valence electrons. The van der Waals surface area contributed by atoms with E-state index < -0.39 is 0 Å². The van der Waals surface area contributed by atoms with Gasteiger partial charge in [0.25, 0.3) is 0 Å². The van der Waals surface area contributed by atoms with Crippen LogP contribution in [-0.2, 0) is 0 Å². The first kappa shape index (κ1) is 10.3. The summed E-state index contributed by atoms with van der Waals surface area (Å²) in [6.07, 6.45) is 2.32. The van der Waals surface area contributed by atoms with Crippen LogP contribution in [0.25, 0.3) is 10.9 Å². The van der Waals surface area contributed by atoms with Crippen molar-refractivity contribution in [2.24, 2.45) is 0 Å². The summed E-state index contributed by atoms with van der Waals surface area (Å²) in [5.74, 6) is 1.32. The maximum absolute atomic E-state index is 6.20. The maximum Gasteiger partial charge on any atom is 0.140 e. The number of fused-ring (bicyclic) bond motifs is 1. The average molecular weight is 253 g/mol. The average Bonchev–Trinajstić information content (AvgIpc) is 3.06. The summed E-state index contributed by atoms with van der Waals surface area (Å²) < 4.78 is 0. The van der Waals surface area contributed by atoms with E-state index in [9.17, 15) is 0 Å². The molecule has 1 aliphatic rings. The molecule has 0 saturated heterocycles. The molecule has 4 heteroatoms. The van der Waals surface area contributed by atoms with E-state index in [4.69, 9.17) is 23.2 Å². The van der Waals surface area contributed by atoms with E-state index in [1.165, 1.54) is 0 Å². The summed E-state index contributed by atoms with van der Waals surface area (Å²) in [6, 6.07) is 3.80. The number of halogens is 2. The molecule has 1 aromatic carbocycles. The van der Waals surface area contributed by atoms with E-state index in [1.807, 2.05) is 19.1 Å². The minimum Gasteiger partial charge on any atom is -0.231 e. The molecule has 0 atom stereocenters. The molecule has 0 unspecified atom stereocenters. The highest BCUT2D eigenvalue weighted by molar-refractivity contribution is 6.38. The summed E-state index contributed by atoms with van der Waals surface area (Å²) >= 11 is 12.4. The molecule has 16 heavy (non-hydrogen) atoms. The standard InChI is InChI=1S/C12H10Cl2N2/c1-6-2-5-8(13)10-9(6)11(14)16-12(15-10)7-3-4-7/h2,5,7H,3-4H2,1H3. The highest BCUT2D eigenvalue weighted by Crippen LogP contribution is 2.40. The third-order valence-electron chi connectivity index (χ3n) is 2.92. The van der Waals surface area contributed by atoms with E-state index in [0.29, 0.717) is 16.1 Å². The Balaban J connectivity index is 2.36. The molecule has 2 nitrogen and oxygen atoms in total. The van der Waals surface area contributed by atoms with Crippen LogP contribution in [0.4, 0.5) is 0 Å². The maximum atomic E-state index is 6.20.